The minimum Gasteiger partial charge on any atom is -0.398 e. The molecule has 1 atom stereocenters. The van der Waals surface area contributed by atoms with E-state index in [0.717, 1.165) is 0 Å². The molecule has 1 unspecified atom stereocenters. The van der Waals surface area contributed by atoms with Gasteiger partial charge in [-0.3, -0.25) is 0 Å². The summed E-state index contributed by atoms with van der Waals surface area (Å²) in [7, 11) is -3.65. The number of aliphatic hydroxyl groups is 1. The molecule has 1 aromatic carbocycles. The van der Waals surface area contributed by atoms with Crippen LogP contribution in [-0.2, 0) is 14.8 Å². The van der Waals surface area contributed by atoms with Crippen molar-refractivity contribution < 1.29 is 18.3 Å². The standard InChI is InChI=1S/C11H15BrN2O4S/c12-10-5-9(1-2-11(10)13)19(16,17)14-3-4-18-7-8(14)6-15/h1-2,5,8,15H,3-4,6-7,13H2. The molecule has 3 N–H and O–H groups in total. The van der Waals surface area contributed by atoms with Gasteiger partial charge in [-0.2, -0.15) is 4.31 Å². The largest absolute Gasteiger partial charge is 0.398 e. The van der Waals surface area contributed by atoms with Gasteiger partial charge in [0.25, 0.3) is 0 Å². The molecule has 0 radical (unpaired) electrons. The van der Waals surface area contributed by atoms with Gasteiger partial charge in [-0.15, -0.1) is 0 Å². The van der Waals surface area contributed by atoms with Gasteiger partial charge >= 0.3 is 0 Å². The number of nitrogen functional groups attached to an aromatic ring is 1. The van der Waals surface area contributed by atoms with Crippen LogP contribution in [0.2, 0.25) is 0 Å². The van der Waals surface area contributed by atoms with Crippen molar-refractivity contribution in [2.24, 2.45) is 0 Å². The predicted octanol–water partition coefficient (Wildman–Crippen LogP) is 0.413. The third-order valence-electron chi connectivity index (χ3n) is 2.96. The molecule has 1 heterocycles. The summed E-state index contributed by atoms with van der Waals surface area (Å²) in [5, 5.41) is 9.26. The summed E-state index contributed by atoms with van der Waals surface area (Å²) in [6.07, 6.45) is 0. The zero-order valence-corrected chi connectivity index (χ0v) is 12.5. The maximum absolute atomic E-state index is 12.5. The van der Waals surface area contributed by atoms with Gasteiger partial charge in [0.15, 0.2) is 0 Å². The number of sulfonamides is 1. The molecule has 0 aromatic heterocycles. The Morgan fingerprint density at radius 1 is 1.53 bits per heavy atom. The Balaban J connectivity index is 2.37. The monoisotopic (exact) mass is 350 g/mol. The first-order valence-corrected chi connectivity index (χ1v) is 7.95. The number of hydrogen-bond acceptors (Lipinski definition) is 5. The summed E-state index contributed by atoms with van der Waals surface area (Å²) in [5.41, 5.74) is 6.12. The average Bonchev–Trinajstić information content (AvgIpc) is 2.41. The fraction of sp³-hybridized carbons (Fsp3) is 0.455. The number of rotatable bonds is 3. The van der Waals surface area contributed by atoms with Crippen LogP contribution in [0.3, 0.4) is 0 Å². The first kappa shape index (κ1) is 14.7. The average molecular weight is 351 g/mol. The van der Waals surface area contributed by atoms with Crippen molar-refractivity contribution in [3.63, 3.8) is 0 Å². The minimum atomic E-state index is -3.65. The second-order valence-electron chi connectivity index (χ2n) is 4.21. The lowest BCUT2D eigenvalue weighted by molar-refractivity contribution is 0.0109. The van der Waals surface area contributed by atoms with Gasteiger partial charge in [-0.05, 0) is 34.1 Å². The molecule has 1 aliphatic rings. The maximum atomic E-state index is 12.5. The van der Waals surface area contributed by atoms with Crippen LogP contribution in [0, 0.1) is 0 Å². The zero-order valence-electron chi connectivity index (χ0n) is 10.1. The van der Waals surface area contributed by atoms with Gasteiger partial charge < -0.3 is 15.6 Å². The van der Waals surface area contributed by atoms with Gasteiger partial charge in [0.2, 0.25) is 10.0 Å². The van der Waals surface area contributed by atoms with Crippen molar-refractivity contribution in [1.29, 1.82) is 0 Å². The highest BCUT2D eigenvalue weighted by Gasteiger charge is 2.33. The third-order valence-corrected chi connectivity index (χ3v) is 5.60. The van der Waals surface area contributed by atoms with Gasteiger partial charge in [0.1, 0.15) is 0 Å². The summed E-state index contributed by atoms with van der Waals surface area (Å²) in [4.78, 5) is 0.147. The molecular formula is C11H15BrN2O4S. The van der Waals surface area contributed by atoms with E-state index in [0.29, 0.717) is 16.8 Å². The Morgan fingerprint density at radius 2 is 2.26 bits per heavy atom. The molecule has 19 heavy (non-hydrogen) atoms. The quantitative estimate of drug-likeness (QED) is 0.770. The van der Waals surface area contributed by atoms with Gasteiger partial charge in [0.05, 0.1) is 30.8 Å². The number of ether oxygens (including phenoxy) is 1. The van der Waals surface area contributed by atoms with Gasteiger partial charge in [-0.25, -0.2) is 8.42 Å². The van der Waals surface area contributed by atoms with Crippen molar-refractivity contribution >= 4 is 31.6 Å². The minimum absolute atomic E-state index is 0.147. The van der Waals surface area contributed by atoms with Crippen molar-refractivity contribution in [2.75, 3.05) is 32.1 Å². The molecule has 0 bridgehead atoms. The normalized spacial score (nSPS) is 21.5. The van der Waals surface area contributed by atoms with E-state index in [1.54, 1.807) is 0 Å². The number of benzene rings is 1. The molecule has 2 rings (SSSR count). The number of anilines is 1. The smallest absolute Gasteiger partial charge is 0.243 e. The number of morpholine rings is 1. The predicted molar refractivity (Wildman–Crippen MR) is 74.1 cm³/mol. The van der Waals surface area contributed by atoms with Crippen LogP contribution in [0.15, 0.2) is 27.6 Å². The summed E-state index contributed by atoms with van der Waals surface area (Å²) in [6, 6.07) is 3.91. The first-order valence-electron chi connectivity index (χ1n) is 5.72. The Morgan fingerprint density at radius 3 is 2.89 bits per heavy atom. The summed E-state index contributed by atoms with van der Waals surface area (Å²) in [6.45, 7) is 0.489. The van der Waals surface area contributed by atoms with E-state index in [2.05, 4.69) is 15.9 Å². The highest BCUT2D eigenvalue weighted by molar-refractivity contribution is 9.10. The fourth-order valence-corrected chi connectivity index (χ4v) is 4.05. The molecule has 1 fully saturated rings. The molecule has 0 saturated carbocycles. The second kappa shape index (κ2) is 5.76. The van der Waals surface area contributed by atoms with Gasteiger partial charge in [-0.1, -0.05) is 0 Å². The number of nitrogens with two attached hydrogens (primary N) is 1. The van der Waals surface area contributed by atoms with Crippen LogP contribution < -0.4 is 5.73 Å². The van der Waals surface area contributed by atoms with Crippen LogP contribution in [-0.4, -0.2) is 50.2 Å². The summed E-state index contributed by atoms with van der Waals surface area (Å²) in [5.74, 6) is 0. The van der Waals surface area contributed by atoms with E-state index in [4.69, 9.17) is 10.5 Å². The molecule has 106 valence electrons. The highest BCUT2D eigenvalue weighted by atomic mass is 79.9. The summed E-state index contributed by atoms with van der Waals surface area (Å²) < 4.78 is 32.0. The van der Waals surface area contributed by atoms with Crippen LogP contribution in [0.1, 0.15) is 0 Å². The van der Waals surface area contributed by atoms with Crippen LogP contribution >= 0.6 is 15.9 Å². The van der Waals surface area contributed by atoms with Crippen molar-refractivity contribution in [1.82, 2.24) is 4.31 Å². The molecule has 0 amide bonds. The van der Waals surface area contributed by atoms with E-state index in [1.165, 1.54) is 22.5 Å². The van der Waals surface area contributed by atoms with E-state index in [-0.39, 0.29) is 24.7 Å². The summed E-state index contributed by atoms with van der Waals surface area (Å²) >= 11 is 3.21. The SMILES string of the molecule is Nc1ccc(S(=O)(=O)N2CCOCC2CO)cc1Br. The molecule has 8 heteroatoms. The van der Waals surface area contributed by atoms with E-state index < -0.39 is 16.1 Å². The maximum Gasteiger partial charge on any atom is 0.243 e. The Bertz CT molecular complexity index is 564. The Kier molecular flexibility index (Phi) is 4.46. The van der Waals surface area contributed by atoms with Crippen LogP contribution in [0.5, 0.6) is 0 Å². The Hall–Kier alpha value is -0.670. The number of halogens is 1. The van der Waals surface area contributed by atoms with E-state index >= 15 is 0 Å². The number of hydrogen-bond donors (Lipinski definition) is 2. The van der Waals surface area contributed by atoms with Gasteiger partial charge in [0, 0.05) is 16.7 Å². The lowest BCUT2D eigenvalue weighted by Gasteiger charge is -2.33. The molecule has 0 aliphatic carbocycles. The molecular weight excluding hydrogens is 336 g/mol. The molecule has 1 saturated heterocycles. The highest BCUT2D eigenvalue weighted by Crippen LogP contribution is 2.26. The Labute approximate surface area is 120 Å². The second-order valence-corrected chi connectivity index (χ2v) is 6.96. The topological polar surface area (TPSA) is 92.9 Å². The molecule has 1 aliphatic heterocycles. The molecule has 0 spiro atoms. The molecule has 1 aromatic rings. The first-order chi connectivity index (χ1) is 8.96. The third kappa shape index (κ3) is 2.92. The number of aliphatic hydroxyl groups excluding tert-OH is 1. The van der Waals surface area contributed by atoms with E-state index in [1.807, 2.05) is 0 Å². The lowest BCUT2D eigenvalue weighted by Crippen LogP contribution is -2.50. The van der Waals surface area contributed by atoms with Crippen LogP contribution in [0.25, 0.3) is 0 Å². The van der Waals surface area contributed by atoms with E-state index in [9.17, 15) is 13.5 Å². The number of nitrogens with zero attached hydrogens (tertiary/aromatic N) is 1. The van der Waals surface area contributed by atoms with Crippen molar-refractivity contribution in [2.45, 2.75) is 10.9 Å². The molecule has 6 nitrogen and oxygen atoms in total. The fourth-order valence-electron chi connectivity index (χ4n) is 1.90. The van der Waals surface area contributed by atoms with Crippen LogP contribution in [0.4, 0.5) is 5.69 Å². The van der Waals surface area contributed by atoms with Crippen molar-refractivity contribution in [3.05, 3.63) is 22.7 Å². The lowest BCUT2D eigenvalue weighted by atomic mass is 10.3. The van der Waals surface area contributed by atoms with Crippen molar-refractivity contribution in [3.8, 4) is 0 Å². The zero-order chi connectivity index (χ0) is 14.0.